The number of hydrogen-bond donors (Lipinski definition) is 1. The van der Waals surface area contributed by atoms with Gasteiger partial charge in [-0.1, -0.05) is 12.8 Å². The zero-order valence-corrected chi connectivity index (χ0v) is 8.69. The molecule has 4 heteroatoms. The Hall–Kier alpha value is -0.900. The van der Waals surface area contributed by atoms with Crippen molar-refractivity contribution in [2.24, 2.45) is 11.7 Å². The van der Waals surface area contributed by atoms with Gasteiger partial charge in [0.1, 0.15) is 12.2 Å². The molecular weight excluding hydrogens is 176 g/mol. The highest BCUT2D eigenvalue weighted by Gasteiger charge is 2.26. The molecule has 1 saturated carbocycles. The predicted octanol–water partition coefficient (Wildman–Crippen LogP) is 1.49. The van der Waals surface area contributed by atoms with E-state index in [9.17, 15) is 0 Å². The van der Waals surface area contributed by atoms with Crippen molar-refractivity contribution < 1.29 is 0 Å². The van der Waals surface area contributed by atoms with E-state index in [1.54, 1.807) is 6.33 Å². The van der Waals surface area contributed by atoms with Crippen molar-refractivity contribution in [3.8, 4) is 0 Å². The van der Waals surface area contributed by atoms with Crippen molar-refractivity contribution in [2.75, 3.05) is 0 Å². The number of nitrogens with zero attached hydrogens (tertiary/aromatic N) is 3. The van der Waals surface area contributed by atoms with Gasteiger partial charge in [-0.15, -0.1) is 0 Å². The molecule has 1 aliphatic carbocycles. The van der Waals surface area contributed by atoms with Gasteiger partial charge in [-0.3, -0.25) is 0 Å². The summed E-state index contributed by atoms with van der Waals surface area (Å²) >= 11 is 0. The van der Waals surface area contributed by atoms with Gasteiger partial charge in [0.05, 0.1) is 6.04 Å². The Labute approximate surface area is 84.5 Å². The molecule has 1 heterocycles. The van der Waals surface area contributed by atoms with Crippen molar-refractivity contribution in [3.05, 3.63) is 12.2 Å². The third-order valence-electron chi connectivity index (χ3n) is 3.15. The second-order valence-corrected chi connectivity index (χ2v) is 4.00. The topological polar surface area (TPSA) is 56.7 Å². The molecule has 0 aliphatic heterocycles. The minimum atomic E-state index is 0.0833. The van der Waals surface area contributed by atoms with Crippen LogP contribution >= 0.6 is 0 Å². The summed E-state index contributed by atoms with van der Waals surface area (Å²) in [6.07, 6.45) is 6.74. The minimum absolute atomic E-state index is 0.0833. The summed E-state index contributed by atoms with van der Waals surface area (Å²) in [6.45, 7) is 2.93. The standard InChI is InChI=1S/C10H18N4/c1-2-14-10(12-7-13-14)9(11)8-5-3-4-6-8/h7-9H,2-6,11H2,1H3. The van der Waals surface area contributed by atoms with E-state index < -0.39 is 0 Å². The summed E-state index contributed by atoms with van der Waals surface area (Å²) in [4.78, 5) is 4.26. The van der Waals surface area contributed by atoms with Crippen LogP contribution in [-0.4, -0.2) is 14.8 Å². The van der Waals surface area contributed by atoms with Crippen LogP contribution in [0.3, 0.4) is 0 Å². The van der Waals surface area contributed by atoms with E-state index in [-0.39, 0.29) is 6.04 Å². The summed E-state index contributed by atoms with van der Waals surface area (Å²) in [5, 5.41) is 4.15. The van der Waals surface area contributed by atoms with Gasteiger partial charge in [-0.05, 0) is 25.7 Å². The third kappa shape index (κ3) is 1.66. The highest BCUT2D eigenvalue weighted by molar-refractivity contribution is 4.97. The van der Waals surface area contributed by atoms with Crippen LogP contribution in [0.2, 0.25) is 0 Å². The molecule has 78 valence electrons. The third-order valence-corrected chi connectivity index (χ3v) is 3.15. The number of aryl methyl sites for hydroxylation is 1. The lowest BCUT2D eigenvalue weighted by Gasteiger charge is -2.18. The first-order chi connectivity index (χ1) is 6.83. The second kappa shape index (κ2) is 4.09. The van der Waals surface area contributed by atoms with Gasteiger partial charge in [0.25, 0.3) is 0 Å². The molecule has 0 saturated heterocycles. The molecule has 1 aromatic heterocycles. The Kier molecular flexibility index (Phi) is 2.82. The van der Waals surface area contributed by atoms with E-state index in [1.165, 1.54) is 25.7 Å². The zero-order chi connectivity index (χ0) is 9.97. The normalized spacial score (nSPS) is 20.1. The molecule has 1 atom stereocenters. The van der Waals surface area contributed by atoms with Gasteiger partial charge in [0, 0.05) is 6.54 Å². The summed E-state index contributed by atoms with van der Waals surface area (Å²) in [7, 11) is 0. The number of rotatable bonds is 3. The van der Waals surface area contributed by atoms with Gasteiger partial charge in [-0.25, -0.2) is 9.67 Å². The number of aromatic nitrogens is 3. The highest BCUT2D eigenvalue weighted by Crippen LogP contribution is 2.33. The smallest absolute Gasteiger partial charge is 0.144 e. The zero-order valence-electron chi connectivity index (χ0n) is 8.69. The molecular formula is C10H18N4. The van der Waals surface area contributed by atoms with E-state index in [1.807, 2.05) is 4.68 Å². The summed E-state index contributed by atoms with van der Waals surface area (Å²) in [6, 6.07) is 0.0833. The Morgan fingerprint density at radius 1 is 1.57 bits per heavy atom. The largest absolute Gasteiger partial charge is 0.321 e. The summed E-state index contributed by atoms with van der Waals surface area (Å²) in [5.41, 5.74) is 6.20. The van der Waals surface area contributed by atoms with Gasteiger partial charge >= 0.3 is 0 Å². The maximum Gasteiger partial charge on any atom is 0.144 e. The number of nitrogens with two attached hydrogens (primary N) is 1. The van der Waals surface area contributed by atoms with Gasteiger partial charge in [0.2, 0.25) is 0 Å². The van der Waals surface area contributed by atoms with Crippen molar-refractivity contribution in [1.82, 2.24) is 14.8 Å². The Morgan fingerprint density at radius 3 is 2.93 bits per heavy atom. The minimum Gasteiger partial charge on any atom is -0.321 e. The molecule has 0 amide bonds. The van der Waals surface area contributed by atoms with Crippen molar-refractivity contribution >= 4 is 0 Å². The van der Waals surface area contributed by atoms with E-state index in [2.05, 4.69) is 17.0 Å². The predicted molar refractivity (Wildman–Crippen MR) is 54.6 cm³/mol. The molecule has 1 aliphatic rings. The molecule has 1 aromatic rings. The summed E-state index contributed by atoms with van der Waals surface area (Å²) in [5.74, 6) is 1.57. The Morgan fingerprint density at radius 2 is 2.29 bits per heavy atom. The number of hydrogen-bond acceptors (Lipinski definition) is 3. The average Bonchev–Trinajstić information content (AvgIpc) is 2.87. The van der Waals surface area contributed by atoms with Crippen molar-refractivity contribution in [3.63, 3.8) is 0 Å². The maximum atomic E-state index is 6.20. The van der Waals surface area contributed by atoms with Crippen molar-refractivity contribution in [1.29, 1.82) is 0 Å². The second-order valence-electron chi connectivity index (χ2n) is 4.00. The molecule has 1 fully saturated rings. The molecule has 0 aromatic carbocycles. The first-order valence-corrected chi connectivity index (χ1v) is 5.46. The van der Waals surface area contributed by atoms with Crippen LogP contribution < -0.4 is 5.73 Å². The van der Waals surface area contributed by atoms with Gasteiger partial charge in [0.15, 0.2) is 0 Å². The molecule has 14 heavy (non-hydrogen) atoms. The monoisotopic (exact) mass is 194 g/mol. The maximum absolute atomic E-state index is 6.20. The van der Waals surface area contributed by atoms with Crippen molar-refractivity contribution in [2.45, 2.75) is 45.2 Å². The van der Waals surface area contributed by atoms with Crippen LogP contribution in [0.15, 0.2) is 6.33 Å². The van der Waals surface area contributed by atoms with Crippen LogP contribution in [0.25, 0.3) is 0 Å². The van der Waals surface area contributed by atoms with Crippen LogP contribution in [0.5, 0.6) is 0 Å². The fourth-order valence-electron chi connectivity index (χ4n) is 2.30. The molecule has 2 rings (SSSR count). The molecule has 0 radical (unpaired) electrons. The lowest BCUT2D eigenvalue weighted by Crippen LogP contribution is -2.23. The lowest BCUT2D eigenvalue weighted by atomic mass is 9.98. The Balaban J connectivity index is 2.12. The quantitative estimate of drug-likeness (QED) is 0.793. The summed E-state index contributed by atoms with van der Waals surface area (Å²) < 4.78 is 1.91. The van der Waals surface area contributed by atoms with E-state index in [0.29, 0.717) is 5.92 Å². The van der Waals surface area contributed by atoms with E-state index in [0.717, 1.165) is 12.4 Å². The highest BCUT2D eigenvalue weighted by atomic mass is 15.3. The first kappa shape index (κ1) is 9.65. The first-order valence-electron chi connectivity index (χ1n) is 5.46. The Bertz CT molecular complexity index is 288. The van der Waals surface area contributed by atoms with E-state index in [4.69, 9.17) is 5.73 Å². The molecule has 4 nitrogen and oxygen atoms in total. The molecule has 0 spiro atoms. The van der Waals surface area contributed by atoms with E-state index >= 15 is 0 Å². The van der Waals surface area contributed by atoms with Crippen LogP contribution in [0.4, 0.5) is 0 Å². The molecule has 2 N–H and O–H groups in total. The lowest BCUT2D eigenvalue weighted by molar-refractivity contribution is 0.407. The molecule has 0 bridgehead atoms. The SMILES string of the molecule is CCn1ncnc1C(N)C1CCCC1. The van der Waals surface area contributed by atoms with Crippen LogP contribution in [0.1, 0.15) is 44.5 Å². The fraction of sp³-hybridized carbons (Fsp3) is 0.800. The molecule has 1 unspecified atom stereocenters. The van der Waals surface area contributed by atoms with Gasteiger partial charge < -0.3 is 5.73 Å². The van der Waals surface area contributed by atoms with Crippen LogP contribution in [-0.2, 0) is 6.54 Å². The van der Waals surface area contributed by atoms with Gasteiger partial charge in [-0.2, -0.15) is 5.10 Å². The van der Waals surface area contributed by atoms with Crippen LogP contribution in [0, 0.1) is 5.92 Å². The average molecular weight is 194 g/mol. The fourth-order valence-corrected chi connectivity index (χ4v) is 2.30.